The highest BCUT2D eigenvalue weighted by Crippen LogP contribution is 2.17. The number of allylic oxidation sites excluding steroid dienone is 1. The summed E-state index contributed by atoms with van der Waals surface area (Å²) in [6.45, 7) is 2.86. The summed E-state index contributed by atoms with van der Waals surface area (Å²) in [7, 11) is 0. The number of nitrogens with one attached hydrogen (secondary N) is 2. The van der Waals surface area contributed by atoms with Crippen LogP contribution in [0.5, 0.6) is 5.75 Å². The van der Waals surface area contributed by atoms with E-state index < -0.39 is 0 Å². The molecule has 0 unspecified atom stereocenters. The lowest BCUT2D eigenvalue weighted by atomic mass is 10.2. The van der Waals surface area contributed by atoms with Crippen LogP contribution in [0.1, 0.15) is 18.1 Å². The number of esters is 1. The van der Waals surface area contributed by atoms with Crippen LogP contribution < -0.4 is 15.4 Å². The number of hydrogen-bond acceptors (Lipinski definition) is 4. The van der Waals surface area contributed by atoms with Gasteiger partial charge in [0, 0.05) is 5.70 Å². The highest BCUT2D eigenvalue weighted by molar-refractivity contribution is 7.80. The lowest BCUT2D eigenvalue weighted by Crippen LogP contribution is -2.42. The Morgan fingerprint density at radius 3 is 2.62 bits per heavy atom. The van der Waals surface area contributed by atoms with Gasteiger partial charge in [0.2, 0.25) is 0 Å². The molecule has 2 N–H and O–H groups in total. The largest absolute Gasteiger partial charge is 0.489 e. The van der Waals surface area contributed by atoms with Gasteiger partial charge in [-0.3, -0.25) is 0 Å². The van der Waals surface area contributed by atoms with Gasteiger partial charge < -0.3 is 20.1 Å². The van der Waals surface area contributed by atoms with E-state index in [2.05, 4.69) is 10.6 Å². The first-order chi connectivity index (χ1) is 12.6. The quantitative estimate of drug-likeness (QED) is 0.604. The van der Waals surface area contributed by atoms with Crippen LogP contribution in [0.3, 0.4) is 0 Å². The molecule has 0 fully saturated rings. The van der Waals surface area contributed by atoms with Gasteiger partial charge in [-0.25, -0.2) is 4.79 Å². The Morgan fingerprint density at radius 1 is 1.08 bits per heavy atom. The number of carbonyl (C=O) groups is 1. The highest BCUT2D eigenvalue weighted by Gasteiger charge is 2.19. The summed E-state index contributed by atoms with van der Waals surface area (Å²) in [6, 6.07) is 17.5. The van der Waals surface area contributed by atoms with E-state index in [0.29, 0.717) is 23.8 Å². The first-order valence-electron chi connectivity index (χ1n) is 8.29. The van der Waals surface area contributed by atoms with Crippen LogP contribution in [0.2, 0.25) is 0 Å². The first kappa shape index (κ1) is 17.9. The van der Waals surface area contributed by atoms with Crippen molar-refractivity contribution in [1.29, 1.82) is 0 Å². The fraction of sp³-hybridized carbons (Fsp3) is 0.200. The molecule has 0 saturated carbocycles. The maximum absolute atomic E-state index is 12.2. The number of carbonyl (C=O) groups excluding carboxylic acids is 1. The first-order valence-corrected chi connectivity index (χ1v) is 8.70. The van der Waals surface area contributed by atoms with Crippen molar-refractivity contribution in [3.63, 3.8) is 0 Å². The summed E-state index contributed by atoms with van der Waals surface area (Å²) in [4.78, 5) is 12.2. The molecule has 6 heteroatoms. The maximum atomic E-state index is 12.2. The third-order valence-electron chi connectivity index (χ3n) is 3.94. The molecule has 1 heterocycles. The molecule has 2 aromatic carbocycles. The van der Waals surface area contributed by atoms with Gasteiger partial charge in [-0.1, -0.05) is 42.5 Å². The van der Waals surface area contributed by atoms with E-state index in [4.69, 9.17) is 21.7 Å². The Morgan fingerprint density at radius 2 is 1.85 bits per heavy atom. The summed E-state index contributed by atoms with van der Waals surface area (Å²) in [6.07, 6.45) is 0. The molecule has 0 aliphatic carbocycles. The number of thiocarbonyl (C=S) groups is 1. The molecule has 26 heavy (non-hydrogen) atoms. The molecule has 0 amide bonds. The second-order valence-electron chi connectivity index (χ2n) is 5.91. The SMILES string of the molecule is CC1=C(C(=O)OCc2cccc(OCc3ccccc3)c2)CNC(=S)N1. The van der Waals surface area contributed by atoms with E-state index in [1.54, 1.807) is 0 Å². The summed E-state index contributed by atoms with van der Waals surface area (Å²) >= 11 is 5.02. The van der Waals surface area contributed by atoms with E-state index >= 15 is 0 Å². The van der Waals surface area contributed by atoms with Crippen molar-refractivity contribution < 1.29 is 14.3 Å². The third-order valence-corrected chi connectivity index (χ3v) is 4.19. The van der Waals surface area contributed by atoms with Gasteiger partial charge in [0.15, 0.2) is 5.11 Å². The predicted molar refractivity (Wildman–Crippen MR) is 103 cm³/mol. The van der Waals surface area contributed by atoms with Gasteiger partial charge in [0.25, 0.3) is 0 Å². The fourth-order valence-corrected chi connectivity index (χ4v) is 2.74. The Balaban J connectivity index is 1.56. The second-order valence-corrected chi connectivity index (χ2v) is 6.32. The van der Waals surface area contributed by atoms with Gasteiger partial charge >= 0.3 is 5.97 Å². The van der Waals surface area contributed by atoms with Gasteiger partial charge in [-0.15, -0.1) is 0 Å². The molecule has 5 nitrogen and oxygen atoms in total. The zero-order valence-electron chi connectivity index (χ0n) is 14.5. The molecule has 0 bridgehead atoms. The molecule has 134 valence electrons. The topological polar surface area (TPSA) is 59.6 Å². The minimum atomic E-state index is -0.361. The predicted octanol–water partition coefficient (Wildman–Crippen LogP) is 3.06. The molecule has 0 radical (unpaired) electrons. The highest BCUT2D eigenvalue weighted by atomic mass is 32.1. The molecule has 0 aromatic heterocycles. The smallest absolute Gasteiger partial charge is 0.337 e. The van der Waals surface area contributed by atoms with Crippen LogP contribution in [0.15, 0.2) is 65.9 Å². The summed E-state index contributed by atoms with van der Waals surface area (Å²) < 4.78 is 11.2. The van der Waals surface area contributed by atoms with E-state index in [9.17, 15) is 4.79 Å². The van der Waals surface area contributed by atoms with Crippen LogP contribution in [-0.2, 0) is 22.7 Å². The Labute approximate surface area is 158 Å². The van der Waals surface area contributed by atoms with Crippen molar-refractivity contribution in [1.82, 2.24) is 10.6 Å². The van der Waals surface area contributed by atoms with E-state index in [0.717, 1.165) is 22.6 Å². The summed E-state index contributed by atoms with van der Waals surface area (Å²) in [5.41, 5.74) is 3.24. The number of hydrogen-bond donors (Lipinski definition) is 2. The average Bonchev–Trinajstić information content (AvgIpc) is 2.66. The molecule has 0 saturated heterocycles. The van der Waals surface area contributed by atoms with Gasteiger partial charge in [0.05, 0.1) is 12.1 Å². The minimum absolute atomic E-state index is 0.183. The fourth-order valence-electron chi connectivity index (χ4n) is 2.52. The lowest BCUT2D eigenvalue weighted by molar-refractivity contribution is -0.140. The van der Waals surface area contributed by atoms with Crippen molar-refractivity contribution in [2.45, 2.75) is 20.1 Å². The van der Waals surface area contributed by atoms with Crippen molar-refractivity contribution in [2.75, 3.05) is 6.54 Å². The normalized spacial score (nSPS) is 13.7. The van der Waals surface area contributed by atoms with Crippen LogP contribution >= 0.6 is 12.2 Å². The Bertz CT molecular complexity index is 834. The Hall–Kier alpha value is -2.86. The van der Waals surface area contributed by atoms with E-state index in [-0.39, 0.29) is 12.6 Å². The van der Waals surface area contributed by atoms with E-state index in [1.165, 1.54) is 0 Å². The molecule has 0 atom stereocenters. The van der Waals surface area contributed by atoms with Gasteiger partial charge in [0.1, 0.15) is 19.0 Å². The van der Waals surface area contributed by atoms with E-state index in [1.807, 2.05) is 61.5 Å². The standard InChI is InChI=1S/C20H20N2O3S/c1-14-18(11-21-20(26)22-14)19(23)25-13-16-8-5-9-17(10-16)24-12-15-6-3-2-4-7-15/h2-10H,11-13H2,1H3,(H2,21,22,26). The number of benzene rings is 2. The van der Waals surface area contributed by atoms with Crippen LogP contribution in [-0.4, -0.2) is 17.6 Å². The minimum Gasteiger partial charge on any atom is -0.489 e. The van der Waals surface area contributed by atoms with Gasteiger partial charge in [-0.05, 0) is 42.4 Å². The van der Waals surface area contributed by atoms with Crippen LogP contribution in [0.25, 0.3) is 0 Å². The van der Waals surface area contributed by atoms with Crippen LogP contribution in [0, 0.1) is 0 Å². The zero-order valence-corrected chi connectivity index (χ0v) is 15.3. The average molecular weight is 368 g/mol. The van der Waals surface area contributed by atoms with Crippen molar-refractivity contribution in [3.8, 4) is 5.75 Å². The maximum Gasteiger partial charge on any atom is 0.337 e. The number of ether oxygens (including phenoxy) is 2. The Kier molecular flexibility index (Phi) is 5.86. The lowest BCUT2D eigenvalue weighted by Gasteiger charge is -2.20. The second kappa shape index (κ2) is 8.49. The molecular weight excluding hydrogens is 348 g/mol. The molecule has 1 aliphatic heterocycles. The molecule has 2 aromatic rings. The molecule has 1 aliphatic rings. The zero-order chi connectivity index (χ0) is 18.4. The van der Waals surface area contributed by atoms with Crippen LogP contribution in [0.4, 0.5) is 0 Å². The molecular formula is C20H20N2O3S. The third kappa shape index (κ3) is 4.83. The van der Waals surface area contributed by atoms with Crippen molar-refractivity contribution >= 4 is 23.3 Å². The number of rotatable bonds is 6. The van der Waals surface area contributed by atoms with Crippen molar-refractivity contribution in [3.05, 3.63) is 77.0 Å². The van der Waals surface area contributed by atoms with Gasteiger partial charge in [-0.2, -0.15) is 0 Å². The summed E-state index contributed by atoms with van der Waals surface area (Å²) in [5, 5.41) is 6.37. The summed E-state index contributed by atoms with van der Waals surface area (Å²) in [5.74, 6) is 0.379. The molecule has 3 rings (SSSR count). The molecule has 0 spiro atoms. The monoisotopic (exact) mass is 368 g/mol. The van der Waals surface area contributed by atoms with Crippen molar-refractivity contribution in [2.24, 2.45) is 0 Å².